The van der Waals surface area contributed by atoms with E-state index in [0.717, 1.165) is 5.39 Å². The quantitative estimate of drug-likeness (QED) is 0.637. The molecule has 0 saturated heterocycles. The van der Waals surface area contributed by atoms with E-state index in [1.165, 1.54) is 12.1 Å². The lowest BCUT2D eigenvalue weighted by atomic mass is 10.3. The molecule has 0 saturated carbocycles. The van der Waals surface area contributed by atoms with Gasteiger partial charge in [-0.25, -0.2) is 13.4 Å². The topological polar surface area (TPSA) is 121 Å². The number of nitrogens with zero attached hydrogens (tertiary/aromatic N) is 3. The van der Waals surface area contributed by atoms with Gasteiger partial charge in [-0.3, -0.25) is 5.10 Å². The van der Waals surface area contributed by atoms with E-state index in [4.69, 9.17) is 5.11 Å². The Morgan fingerprint density at radius 1 is 1.18 bits per heavy atom. The Bertz CT molecular complexity index is 889. The highest BCUT2D eigenvalue weighted by Gasteiger charge is 2.13. The summed E-state index contributed by atoms with van der Waals surface area (Å²) in [6.07, 6.45) is 3.26. The van der Waals surface area contributed by atoms with Crippen molar-refractivity contribution in [3.63, 3.8) is 0 Å². The van der Waals surface area contributed by atoms with Crippen molar-refractivity contribution < 1.29 is 13.5 Å². The molecule has 0 aliphatic carbocycles. The van der Waals surface area contributed by atoms with Crippen LogP contribution in [-0.2, 0) is 9.84 Å². The number of sulfone groups is 1. The number of hydrogen-bond donors (Lipinski definition) is 3. The maximum atomic E-state index is 11.8. The summed E-state index contributed by atoms with van der Waals surface area (Å²) < 4.78 is 23.6. The SMILES string of the molecule is O=S(=O)(CCO)c1ccc(Nc2ncc3cn[nH]c3n2)cc1. The first kappa shape index (κ1) is 14.4. The van der Waals surface area contributed by atoms with E-state index in [1.807, 2.05) is 0 Å². The van der Waals surface area contributed by atoms with Crippen molar-refractivity contribution in [1.82, 2.24) is 20.2 Å². The van der Waals surface area contributed by atoms with Crippen LogP contribution in [0.1, 0.15) is 0 Å². The van der Waals surface area contributed by atoms with Crippen LogP contribution >= 0.6 is 0 Å². The second-order valence-corrected chi connectivity index (χ2v) is 6.67. The lowest BCUT2D eigenvalue weighted by Crippen LogP contribution is -2.09. The summed E-state index contributed by atoms with van der Waals surface area (Å²) in [7, 11) is -3.44. The molecule has 0 aliphatic rings. The van der Waals surface area contributed by atoms with Gasteiger partial charge in [0.25, 0.3) is 0 Å². The Hall–Kier alpha value is -2.52. The number of aliphatic hydroxyl groups is 1. The van der Waals surface area contributed by atoms with Crippen molar-refractivity contribution >= 4 is 32.5 Å². The number of aromatic amines is 1. The van der Waals surface area contributed by atoms with E-state index in [0.29, 0.717) is 17.3 Å². The van der Waals surface area contributed by atoms with Crippen molar-refractivity contribution in [3.05, 3.63) is 36.7 Å². The Morgan fingerprint density at radius 2 is 1.95 bits per heavy atom. The van der Waals surface area contributed by atoms with Crippen LogP contribution in [-0.4, -0.2) is 46.0 Å². The van der Waals surface area contributed by atoms with E-state index in [-0.39, 0.29) is 10.6 Å². The first-order valence-corrected chi connectivity index (χ1v) is 8.10. The molecule has 0 radical (unpaired) electrons. The summed E-state index contributed by atoms with van der Waals surface area (Å²) in [6.45, 7) is -0.402. The lowest BCUT2D eigenvalue weighted by Gasteiger charge is -2.06. The average molecular weight is 319 g/mol. The molecule has 0 amide bonds. The molecule has 0 spiro atoms. The van der Waals surface area contributed by atoms with Gasteiger partial charge in [0.1, 0.15) is 0 Å². The second kappa shape index (κ2) is 5.70. The van der Waals surface area contributed by atoms with E-state index in [2.05, 4.69) is 25.5 Å². The first-order valence-electron chi connectivity index (χ1n) is 6.45. The van der Waals surface area contributed by atoms with Crippen LogP contribution in [0.3, 0.4) is 0 Å². The van der Waals surface area contributed by atoms with Crippen molar-refractivity contribution in [3.8, 4) is 0 Å². The largest absolute Gasteiger partial charge is 0.395 e. The molecule has 8 nitrogen and oxygen atoms in total. The molecule has 3 aromatic rings. The summed E-state index contributed by atoms with van der Waals surface area (Å²) in [6, 6.07) is 6.18. The van der Waals surface area contributed by atoms with Gasteiger partial charge in [-0.05, 0) is 24.3 Å². The fourth-order valence-electron chi connectivity index (χ4n) is 1.91. The molecule has 3 rings (SSSR count). The normalized spacial score (nSPS) is 11.7. The third-order valence-electron chi connectivity index (χ3n) is 3.02. The Labute approximate surface area is 126 Å². The molecule has 0 fully saturated rings. The van der Waals surface area contributed by atoms with Gasteiger partial charge in [0.05, 0.1) is 28.8 Å². The molecule has 2 heterocycles. The van der Waals surface area contributed by atoms with Gasteiger partial charge in [-0.1, -0.05) is 0 Å². The van der Waals surface area contributed by atoms with Crippen LogP contribution in [0.25, 0.3) is 11.0 Å². The van der Waals surface area contributed by atoms with Crippen LogP contribution in [0.15, 0.2) is 41.6 Å². The third kappa shape index (κ3) is 2.90. The molecular weight excluding hydrogens is 306 g/mol. The van der Waals surface area contributed by atoms with Gasteiger partial charge in [0.15, 0.2) is 15.5 Å². The molecule has 0 bridgehead atoms. The molecule has 3 N–H and O–H groups in total. The number of hydrogen-bond acceptors (Lipinski definition) is 7. The molecule has 2 aromatic heterocycles. The van der Waals surface area contributed by atoms with Crippen molar-refractivity contribution in [2.24, 2.45) is 0 Å². The van der Waals surface area contributed by atoms with E-state index >= 15 is 0 Å². The predicted octanol–water partition coefficient (Wildman–Crippen LogP) is 0.863. The predicted molar refractivity (Wildman–Crippen MR) is 80.5 cm³/mol. The highest BCUT2D eigenvalue weighted by Crippen LogP contribution is 2.18. The summed E-state index contributed by atoms with van der Waals surface area (Å²) in [5.41, 5.74) is 1.27. The smallest absolute Gasteiger partial charge is 0.229 e. The van der Waals surface area contributed by atoms with Crippen molar-refractivity contribution in [2.75, 3.05) is 17.7 Å². The lowest BCUT2D eigenvalue weighted by molar-refractivity contribution is 0.319. The minimum atomic E-state index is -3.44. The van der Waals surface area contributed by atoms with Crippen LogP contribution in [0.2, 0.25) is 0 Å². The fraction of sp³-hybridized carbons (Fsp3) is 0.154. The van der Waals surface area contributed by atoms with Gasteiger partial charge < -0.3 is 10.4 Å². The summed E-state index contributed by atoms with van der Waals surface area (Å²) >= 11 is 0. The zero-order chi connectivity index (χ0) is 15.6. The maximum Gasteiger partial charge on any atom is 0.229 e. The number of anilines is 2. The van der Waals surface area contributed by atoms with Crippen molar-refractivity contribution in [2.45, 2.75) is 4.90 Å². The minimum absolute atomic E-state index is 0.164. The Morgan fingerprint density at radius 3 is 2.68 bits per heavy atom. The first-order chi connectivity index (χ1) is 10.6. The van der Waals surface area contributed by atoms with Crippen molar-refractivity contribution in [1.29, 1.82) is 0 Å². The number of nitrogens with one attached hydrogen (secondary N) is 2. The van der Waals surface area contributed by atoms with Gasteiger partial charge in [-0.15, -0.1) is 0 Å². The van der Waals surface area contributed by atoms with E-state index in [1.54, 1.807) is 24.5 Å². The van der Waals surface area contributed by atoms with E-state index in [9.17, 15) is 8.42 Å². The molecule has 22 heavy (non-hydrogen) atoms. The number of H-pyrrole nitrogens is 1. The molecular formula is C13H13N5O3S. The number of rotatable bonds is 5. The molecule has 0 aliphatic heterocycles. The number of aliphatic hydroxyl groups excluding tert-OH is 1. The fourth-order valence-corrected chi connectivity index (χ4v) is 2.94. The number of fused-ring (bicyclic) bond motifs is 1. The average Bonchev–Trinajstić information content (AvgIpc) is 2.95. The van der Waals surface area contributed by atoms with Gasteiger partial charge in [0, 0.05) is 11.9 Å². The highest BCUT2D eigenvalue weighted by molar-refractivity contribution is 7.91. The monoisotopic (exact) mass is 319 g/mol. The third-order valence-corrected chi connectivity index (χ3v) is 4.73. The van der Waals surface area contributed by atoms with Crippen LogP contribution in [0, 0.1) is 0 Å². The summed E-state index contributed by atoms with van der Waals surface area (Å²) in [5.74, 6) is 0.0852. The van der Waals surface area contributed by atoms with Crippen LogP contribution < -0.4 is 5.32 Å². The molecule has 1 aromatic carbocycles. The molecule has 0 unspecified atom stereocenters. The van der Waals surface area contributed by atoms with Gasteiger partial charge >= 0.3 is 0 Å². The minimum Gasteiger partial charge on any atom is -0.395 e. The second-order valence-electron chi connectivity index (χ2n) is 4.56. The van der Waals surface area contributed by atoms with Gasteiger partial charge in [0.2, 0.25) is 5.95 Å². The zero-order valence-electron chi connectivity index (χ0n) is 11.4. The summed E-state index contributed by atoms with van der Waals surface area (Å²) in [5, 5.41) is 19.2. The number of benzene rings is 1. The molecule has 114 valence electrons. The van der Waals surface area contributed by atoms with Crippen LogP contribution in [0.5, 0.6) is 0 Å². The molecule has 0 atom stereocenters. The maximum absolute atomic E-state index is 11.8. The Kier molecular flexibility index (Phi) is 3.73. The number of aromatic nitrogens is 4. The highest BCUT2D eigenvalue weighted by atomic mass is 32.2. The molecule has 9 heteroatoms. The zero-order valence-corrected chi connectivity index (χ0v) is 12.2. The Balaban J connectivity index is 1.81. The standard InChI is InChI=1S/C13H13N5O3S/c19-5-6-22(20,21)11-3-1-10(2-4-11)16-13-14-7-9-8-15-18-12(9)17-13/h1-4,7-8,19H,5-6H2,(H2,14,15,16,17,18). The van der Waals surface area contributed by atoms with Crippen LogP contribution in [0.4, 0.5) is 11.6 Å². The summed E-state index contributed by atoms with van der Waals surface area (Å²) in [4.78, 5) is 8.54. The van der Waals surface area contributed by atoms with Gasteiger partial charge in [-0.2, -0.15) is 10.1 Å². The van der Waals surface area contributed by atoms with E-state index < -0.39 is 16.4 Å².